The highest BCUT2D eigenvalue weighted by molar-refractivity contribution is 7.10. The van der Waals surface area contributed by atoms with E-state index in [0.717, 1.165) is 13.0 Å². The van der Waals surface area contributed by atoms with E-state index < -0.39 is 0 Å². The van der Waals surface area contributed by atoms with E-state index in [0.29, 0.717) is 42.2 Å². The van der Waals surface area contributed by atoms with Crippen molar-refractivity contribution in [1.29, 1.82) is 0 Å². The third-order valence-electron chi connectivity index (χ3n) is 4.61. The Hall–Kier alpha value is -2.54. The summed E-state index contributed by atoms with van der Waals surface area (Å²) in [5.74, 6) is 0.514. The molecule has 1 aromatic carbocycles. The lowest BCUT2D eigenvalue weighted by atomic mass is 10.1. The second-order valence-electron chi connectivity index (χ2n) is 6.41. The molecule has 26 heavy (non-hydrogen) atoms. The fourth-order valence-corrected chi connectivity index (χ4v) is 3.93. The molecule has 5 nitrogen and oxygen atoms in total. The van der Waals surface area contributed by atoms with Gasteiger partial charge in [-0.05, 0) is 42.0 Å². The minimum atomic E-state index is -0.304. The topological polar surface area (TPSA) is 59.2 Å². The van der Waals surface area contributed by atoms with E-state index in [9.17, 15) is 9.18 Å². The smallest absolute Gasteiger partial charge is 0.227 e. The van der Waals surface area contributed by atoms with Crippen LogP contribution in [0.3, 0.4) is 0 Å². The molecule has 0 N–H and O–H groups in total. The van der Waals surface area contributed by atoms with Crippen LogP contribution in [0.5, 0.6) is 0 Å². The second kappa shape index (κ2) is 6.99. The van der Waals surface area contributed by atoms with Gasteiger partial charge < -0.3 is 9.42 Å². The Balaban J connectivity index is 1.37. The Morgan fingerprint density at radius 1 is 1.38 bits per heavy atom. The van der Waals surface area contributed by atoms with Crippen LogP contribution in [-0.4, -0.2) is 27.5 Å². The number of thiophene rings is 1. The average Bonchev–Trinajstić information content (AvgIpc) is 3.30. The van der Waals surface area contributed by atoms with Gasteiger partial charge in [0.05, 0.1) is 0 Å². The Labute approximate surface area is 154 Å². The number of benzene rings is 1. The number of hydrogen-bond acceptors (Lipinski definition) is 5. The zero-order chi connectivity index (χ0) is 18.1. The standard InChI is InChI=1S/C19H18FN3O2S/c1-12-2-3-13(10-15(12)20)19-21-17(25-22-19)4-5-18(24)23-8-6-16-14(11-23)7-9-26-16/h2-3,7,9-10H,4-6,8,11H2,1H3. The molecular weight excluding hydrogens is 353 g/mol. The number of aromatic nitrogens is 2. The predicted molar refractivity (Wildman–Crippen MR) is 96.2 cm³/mol. The molecule has 0 fully saturated rings. The van der Waals surface area contributed by atoms with Crippen LogP contribution in [0.2, 0.25) is 0 Å². The molecule has 1 aliphatic heterocycles. The third-order valence-corrected chi connectivity index (χ3v) is 5.63. The molecule has 0 aliphatic carbocycles. The first kappa shape index (κ1) is 16.9. The molecule has 3 aromatic rings. The molecule has 0 atom stereocenters. The number of amides is 1. The molecule has 0 spiro atoms. The summed E-state index contributed by atoms with van der Waals surface area (Å²) in [6.07, 6.45) is 1.62. The van der Waals surface area contributed by atoms with E-state index in [1.807, 2.05) is 4.90 Å². The predicted octanol–water partition coefficient (Wildman–Crippen LogP) is 3.76. The van der Waals surface area contributed by atoms with Gasteiger partial charge >= 0.3 is 0 Å². The number of aryl methyl sites for hydroxylation is 2. The van der Waals surface area contributed by atoms with Gasteiger partial charge in [0.2, 0.25) is 17.6 Å². The molecule has 0 saturated carbocycles. The Morgan fingerprint density at radius 2 is 2.27 bits per heavy atom. The van der Waals surface area contributed by atoms with Crippen molar-refractivity contribution >= 4 is 17.2 Å². The third kappa shape index (κ3) is 3.39. The summed E-state index contributed by atoms with van der Waals surface area (Å²) >= 11 is 1.75. The van der Waals surface area contributed by atoms with Crippen LogP contribution in [-0.2, 0) is 24.2 Å². The van der Waals surface area contributed by atoms with Crippen molar-refractivity contribution < 1.29 is 13.7 Å². The van der Waals surface area contributed by atoms with Crippen LogP contribution in [0.25, 0.3) is 11.4 Å². The van der Waals surface area contributed by atoms with Gasteiger partial charge in [-0.3, -0.25) is 4.79 Å². The maximum Gasteiger partial charge on any atom is 0.227 e. The van der Waals surface area contributed by atoms with E-state index >= 15 is 0 Å². The minimum Gasteiger partial charge on any atom is -0.339 e. The fourth-order valence-electron chi connectivity index (χ4n) is 3.04. The summed E-state index contributed by atoms with van der Waals surface area (Å²) in [5.41, 5.74) is 2.38. The molecule has 0 saturated heterocycles. The van der Waals surface area contributed by atoms with Crippen molar-refractivity contribution in [3.63, 3.8) is 0 Å². The summed E-state index contributed by atoms with van der Waals surface area (Å²) in [6.45, 7) is 3.13. The fraction of sp³-hybridized carbons (Fsp3) is 0.316. The summed E-state index contributed by atoms with van der Waals surface area (Å²) in [7, 11) is 0. The molecule has 3 heterocycles. The Kier molecular flexibility index (Phi) is 4.55. The number of carbonyl (C=O) groups excluding carboxylic acids is 1. The highest BCUT2D eigenvalue weighted by atomic mass is 32.1. The molecule has 134 valence electrons. The van der Waals surface area contributed by atoms with Gasteiger partial charge in [-0.2, -0.15) is 4.98 Å². The average molecular weight is 371 g/mol. The van der Waals surface area contributed by atoms with E-state index in [1.54, 1.807) is 30.4 Å². The van der Waals surface area contributed by atoms with Gasteiger partial charge in [0.25, 0.3) is 0 Å². The van der Waals surface area contributed by atoms with Gasteiger partial charge in [-0.15, -0.1) is 11.3 Å². The number of carbonyl (C=O) groups is 1. The number of hydrogen-bond donors (Lipinski definition) is 0. The van der Waals surface area contributed by atoms with Crippen LogP contribution >= 0.6 is 11.3 Å². The van der Waals surface area contributed by atoms with Gasteiger partial charge in [-0.25, -0.2) is 4.39 Å². The van der Waals surface area contributed by atoms with Gasteiger partial charge in [0.15, 0.2) is 0 Å². The minimum absolute atomic E-state index is 0.0861. The highest BCUT2D eigenvalue weighted by Gasteiger charge is 2.22. The van der Waals surface area contributed by atoms with E-state index in [2.05, 4.69) is 21.6 Å². The molecule has 0 unspecified atom stereocenters. The van der Waals surface area contributed by atoms with Crippen LogP contribution in [0.15, 0.2) is 34.2 Å². The summed E-state index contributed by atoms with van der Waals surface area (Å²) in [4.78, 5) is 20.0. The largest absolute Gasteiger partial charge is 0.339 e. The van der Waals surface area contributed by atoms with E-state index in [4.69, 9.17) is 4.52 Å². The van der Waals surface area contributed by atoms with Crippen LogP contribution in [0.4, 0.5) is 4.39 Å². The zero-order valence-corrected chi connectivity index (χ0v) is 15.2. The first-order chi connectivity index (χ1) is 12.6. The lowest BCUT2D eigenvalue weighted by Crippen LogP contribution is -2.35. The van der Waals surface area contributed by atoms with Crippen molar-refractivity contribution in [3.05, 3.63) is 57.4 Å². The van der Waals surface area contributed by atoms with Gasteiger partial charge in [0.1, 0.15) is 5.82 Å². The maximum atomic E-state index is 13.7. The van der Waals surface area contributed by atoms with Crippen LogP contribution < -0.4 is 0 Å². The molecule has 2 aromatic heterocycles. The summed E-state index contributed by atoms with van der Waals surface area (Å²) < 4.78 is 18.9. The first-order valence-corrected chi connectivity index (χ1v) is 9.40. The Bertz CT molecular complexity index is 950. The van der Waals surface area contributed by atoms with E-state index in [1.165, 1.54) is 16.5 Å². The lowest BCUT2D eigenvalue weighted by molar-refractivity contribution is -0.132. The number of nitrogens with zero attached hydrogens (tertiary/aromatic N) is 3. The maximum absolute atomic E-state index is 13.7. The summed E-state index contributed by atoms with van der Waals surface area (Å²) in [6, 6.07) is 6.91. The highest BCUT2D eigenvalue weighted by Crippen LogP contribution is 2.24. The number of fused-ring (bicyclic) bond motifs is 1. The van der Waals surface area contributed by atoms with Crippen LogP contribution in [0.1, 0.15) is 28.3 Å². The normalized spacial score (nSPS) is 13.7. The van der Waals surface area contributed by atoms with Crippen molar-refractivity contribution in [2.24, 2.45) is 0 Å². The SMILES string of the molecule is Cc1ccc(-c2noc(CCC(=O)N3CCc4sccc4C3)n2)cc1F. The van der Waals surface area contributed by atoms with Crippen LogP contribution in [0, 0.1) is 12.7 Å². The van der Waals surface area contributed by atoms with Crippen molar-refractivity contribution in [2.75, 3.05) is 6.54 Å². The molecule has 4 rings (SSSR count). The van der Waals surface area contributed by atoms with Gasteiger partial charge in [0, 0.05) is 36.4 Å². The van der Waals surface area contributed by atoms with E-state index in [-0.39, 0.29) is 11.7 Å². The first-order valence-electron chi connectivity index (χ1n) is 8.52. The van der Waals surface area contributed by atoms with Crippen molar-refractivity contribution in [2.45, 2.75) is 32.7 Å². The van der Waals surface area contributed by atoms with Crippen molar-refractivity contribution in [1.82, 2.24) is 15.0 Å². The second-order valence-corrected chi connectivity index (χ2v) is 7.41. The molecule has 1 aliphatic rings. The molecule has 0 bridgehead atoms. The molecule has 1 amide bonds. The lowest BCUT2D eigenvalue weighted by Gasteiger charge is -2.26. The quantitative estimate of drug-likeness (QED) is 0.701. The van der Waals surface area contributed by atoms with Crippen molar-refractivity contribution in [3.8, 4) is 11.4 Å². The molecule has 7 heteroatoms. The Morgan fingerprint density at radius 3 is 3.12 bits per heavy atom. The number of halogens is 1. The number of rotatable bonds is 4. The summed E-state index contributed by atoms with van der Waals surface area (Å²) in [5, 5.41) is 5.97. The zero-order valence-electron chi connectivity index (χ0n) is 14.4. The molecular formula is C19H18FN3O2S. The van der Waals surface area contributed by atoms with Gasteiger partial charge in [-0.1, -0.05) is 17.3 Å². The monoisotopic (exact) mass is 371 g/mol. The molecule has 0 radical (unpaired) electrons.